The van der Waals surface area contributed by atoms with Crippen LogP contribution in [-0.4, -0.2) is 62.6 Å². The third kappa shape index (κ3) is 3.42. The molecule has 1 aliphatic heterocycles. The summed E-state index contributed by atoms with van der Waals surface area (Å²) in [5.41, 5.74) is 2.51. The van der Waals surface area contributed by atoms with Crippen molar-refractivity contribution in [3.05, 3.63) is 23.5 Å². The normalized spacial score (nSPS) is 18.2. The number of aromatic nitrogens is 3. The van der Waals surface area contributed by atoms with Gasteiger partial charge >= 0.3 is 0 Å². The summed E-state index contributed by atoms with van der Waals surface area (Å²) in [4.78, 5) is 33.6. The molecule has 2 aromatic heterocycles. The maximum Gasteiger partial charge on any atom is 0.254 e. The summed E-state index contributed by atoms with van der Waals surface area (Å²) in [6.07, 6.45) is 4.85. The predicted molar refractivity (Wildman–Crippen MR) is 103 cm³/mol. The van der Waals surface area contributed by atoms with Gasteiger partial charge in [-0.2, -0.15) is 5.10 Å². The van der Waals surface area contributed by atoms with E-state index in [1.807, 2.05) is 20.5 Å². The molecule has 0 N–H and O–H groups in total. The van der Waals surface area contributed by atoms with Gasteiger partial charge in [0.25, 0.3) is 5.91 Å². The Hall–Kier alpha value is -2.44. The third-order valence-electron chi connectivity index (χ3n) is 5.53. The average molecular weight is 369 g/mol. The molecule has 2 amide bonds. The highest BCUT2D eigenvalue weighted by atomic mass is 16.2. The van der Waals surface area contributed by atoms with E-state index in [1.165, 1.54) is 0 Å². The zero-order chi connectivity index (χ0) is 19.1. The van der Waals surface area contributed by atoms with Crippen LogP contribution in [0.5, 0.6) is 0 Å². The van der Waals surface area contributed by atoms with Gasteiger partial charge in [0.1, 0.15) is 0 Å². The number of fused-ring (bicyclic) bond motifs is 1. The number of carbonyl (C=O) groups excluding carboxylic acids is 2. The molecule has 0 bridgehead atoms. The highest BCUT2D eigenvalue weighted by Crippen LogP contribution is 2.40. The molecule has 2 aliphatic rings. The van der Waals surface area contributed by atoms with Crippen LogP contribution in [0.3, 0.4) is 0 Å². The van der Waals surface area contributed by atoms with Crippen LogP contribution in [0.4, 0.5) is 0 Å². The Morgan fingerprint density at radius 3 is 2.48 bits per heavy atom. The Labute approximate surface area is 159 Å². The van der Waals surface area contributed by atoms with Crippen LogP contribution in [0.15, 0.2) is 12.3 Å². The summed E-state index contributed by atoms with van der Waals surface area (Å²) in [7, 11) is 0. The molecule has 0 aromatic carbocycles. The van der Waals surface area contributed by atoms with Gasteiger partial charge in [-0.05, 0) is 39.2 Å². The Morgan fingerprint density at radius 1 is 1.11 bits per heavy atom. The van der Waals surface area contributed by atoms with Gasteiger partial charge in [0.15, 0.2) is 5.65 Å². The van der Waals surface area contributed by atoms with Gasteiger partial charge in [0, 0.05) is 50.8 Å². The second-order valence-electron chi connectivity index (χ2n) is 7.94. The zero-order valence-electron chi connectivity index (χ0n) is 16.3. The van der Waals surface area contributed by atoms with Crippen LogP contribution in [0, 0.1) is 0 Å². The molecule has 7 nitrogen and oxygen atoms in total. The minimum atomic E-state index is 0.0259. The lowest BCUT2D eigenvalue weighted by Gasteiger charge is -2.22. The van der Waals surface area contributed by atoms with Crippen LogP contribution >= 0.6 is 0 Å². The Kier molecular flexibility index (Phi) is 4.61. The summed E-state index contributed by atoms with van der Waals surface area (Å²) >= 11 is 0. The van der Waals surface area contributed by atoms with Gasteiger partial charge in [0.05, 0.1) is 17.1 Å². The molecular weight excluding hydrogens is 342 g/mol. The summed E-state index contributed by atoms with van der Waals surface area (Å²) in [6.45, 7) is 8.28. The SMILES string of the molecule is CC(=O)N1CCCN(C(=O)c2cc(C3CC3)nc3c2cnn3C(C)C)CC1. The van der Waals surface area contributed by atoms with E-state index in [0.717, 1.165) is 36.0 Å². The lowest BCUT2D eigenvalue weighted by atomic mass is 10.1. The van der Waals surface area contributed by atoms with Crippen LogP contribution in [0.1, 0.15) is 68.0 Å². The van der Waals surface area contributed by atoms with Gasteiger partial charge in [0.2, 0.25) is 5.91 Å². The van der Waals surface area contributed by atoms with Gasteiger partial charge in [-0.25, -0.2) is 9.67 Å². The molecule has 1 aliphatic carbocycles. The molecule has 144 valence electrons. The average Bonchev–Trinajstić information content (AvgIpc) is 3.43. The van der Waals surface area contributed by atoms with Crippen molar-refractivity contribution in [2.75, 3.05) is 26.2 Å². The second-order valence-corrected chi connectivity index (χ2v) is 7.94. The Morgan fingerprint density at radius 2 is 1.81 bits per heavy atom. The molecule has 3 heterocycles. The first-order chi connectivity index (χ1) is 13.0. The minimum absolute atomic E-state index is 0.0259. The van der Waals surface area contributed by atoms with Gasteiger partial charge in [-0.3, -0.25) is 9.59 Å². The predicted octanol–water partition coefficient (Wildman–Crippen LogP) is 2.58. The molecule has 0 unspecified atom stereocenters. The van der Waals surface area contributed by atoms with Crippen molar-refractivity contribution in [3.63, 3.8) is 0 Å². The van der Waals surface area contributed by atoms with E-state index in [0.29, 0.717) is 37.7 Å². The zero-order valence-corrected chi connectivity index (χ0v) is 16.3. The number of rotatable bonds is 3. The molecule has 1 saturated carbocycles. The molecule has 4 rings (SSSR count). The van der Waals surface area contributed by atoms with E-state index < -0.39 is 0 Å². The van der Waals surface area contributed by atoms with E-state index >= 15 is 0 Å². The number of amides is 2. The first kappa shape index (κ1) is 17.9. The number of hydrogen-bond donors (Lipinski definition) is 0. The smallest absolute Gasteiger partial charge is 0.254 e. The van der Waals surface area contributed by atoms with Gasteiger partial charge < -0.3 is 9.80 Å². The molecule has 0 spiro atoms. The van der Waals surface area contributed by atoms with E-state index in [1.54, 1.807) is 13.1 Å². The molecule has 27 heavy (non-hydrogen) atoms. The first-order valence-corrected chi connectivity index (χ1v) is 9.88. The lowest BCUT2D eigenvalue weighted by Crippen LogP contribution is -2.36. The Balaban J connectivity index is 1.69. The van der Waals surface area contributed by atoms with Crippen LogP contribution < -0.4 is 0 Å². The number of pyridine rings is 1. The summed E-state index contributed by atoms with van der Waals surface area (Å²) in [6, 6.07) is 2.16. The largest absolute Gasteiger partial charge is 0.341 e. The molecule has 2 aromatic rings. The van der Waals surface area contributed by atoms with E-state index in [9.17, 15) is 9.59 Å². The standard InChI is InChI=1S/C20H27N5O2/c1-13(2)25-19-17(12-21-25)16(11-18(22-19)15-5-6-15)20(27)24-8-4-7-23(9-10-24)14(3)26/h11-13,15H,4-10H2,1-3H3. The molecule has 0 atom stereocenters. The molecular formula is C20H27N5O2. The highest BCUT2D eigenvalue weighted by Gasteiger charge is 2.30. The highest BCUT2D eigenvalue weighted by molar-refractivity contribution is 6.05. The topological polar surface area (TPSA) is 71.3 Å². The number of carbonyl (C=O) groups is 2. The summed E-state index contributed by atoms with van der Waals surface area (Å²) < 4.78 is 1.90. The third-order valence-corrected chi connectivity index (χ3v) is 5.53. The van der Waals surface area contributed by atoms with E-state index in [4.69, 9.17) is 4.98 Å². The van der Waals surface area contributed by atoms with Crippen LogP contribution in [0.25, 0.3) is 11.0 Å². The monoisotopic (exact) mass is 369 g/mol. The quantitative estimate of drug-likeness (QED) is 0.834. The van der Waals surface area contributed by atoms with Crippen LogP contribution in [-0.2, 0) is 4.79 Å². The minimum Gasteiger partial charge on any atom is -0.341 e. The molecule has 7 heteroatoms. The lowest BCUT2D eigenvalue weighted by molar-refractivity contribution is -0.128. The molecule has 0 radical (unpaired) electrons. The number of hydrogen-bond acceptors (Lipinski definition) is 4. The van der Waals surface area contributed by atoms with E-state index in [-0.39, 0.29) is 17.9 Å². The van der Waals surface area contributed by atoms with Crippen molar-refractivity contribution in [2.24, 2.45) is 0 Å². The van der Waals surface area contributed by atoms with Crippen LogP contribution in [0.2, 0.25) is 0 Å². The van der Waals surface area contributed by atoms with Crippen molar-refractivity contribution in [1.82, 2.24) is 24.6 Å². The van der Waals surface area contributed by atoms with Crippen molar-refractivity contribution >= 4 is 22.8 Å². The summed E-state index contributed by atoms with van der Waals surface area (Å²) in [5, 5.41) is 5.31. The van der Waals surface area contributed by atoms with Gasteiger partial charge in [-0.15, -0.1) is 0 Å². The van der Waals surface area contributed by atoms with Gasteiger partial charge in [-0.1, -0.05) is 0 Å². The summed E-state index contributed by atoms with van der Waals surface area (Å²) in [5.74, 6) is 0.566. The first-order valence-electron chi connectivity index (χ1n) is 9.88. The fourth-order valence-electron chi connectivity index (χ4n) is 3.79. The van der Waals surface area contributed by atoms with E-state index in [2.05, 4.69) is 18.9 Å². The second kappa shape index (κ2) is 6.94. The van der Waals surface area contributed by atoms with Crippen molar-refractivity contribution < 1.29 is 9.59 Å². The van der Waals surface area contributed by atoms with Crippen molar-refractivity contribution in [3.8, 4) is 0 Å². The maximum absolute atomic E-state index is 13.4. The Bertz CT molecular complexity index is 884. The maximum atomic E-state index is 13.4. The fraction of sp³-hybridized carbons (Fsp3) is 0.600. The van der Waals surface area contributed by atoms with Crippen molar-refractivity contribution in [2.45, 2.75) is 52.0 Å². The fourth-order valence-corrected chi connectivity index (χ4v) is 3.79. The van der Waals surface area contributed by atoms with Crippen molar-refractivity contribution in [1.29, 1.82) is 0 Å². The molecule has 2 fully saturated rings. The number of nitrogens with zero attached hydrogens (tertiary/aromatic N) is 5. The molecule has 1 saturated heterocycles.